The number of benzene rings is 2. The van der Waals surface area contributed by atoms with Crippen molar-refractivity contribution >= 4 is 34.2 Å². The highest BCUT2D eigenvalue weighted by atomic mass is 127. The van der Waals surface area contributed by atoms with Gasteiger partial charge in [-0.2, -0.15) is 0 Å². The second kappa shape index (κ2) is 5.69. The lowest BCUT2D eigenvalue weighted by Gasteiger charge is -2.07. The molecule has 0 saturated heterocycles. The molecule has 0 aliphatic carbocycles. The largest absolute Gasteiger partial charge is 0.454 e. The molecule has 0 heterocycles. The van der Waals surface area contributed by atoms with Gasteiger partial charge in [-0.15, -0.1) is 11.6 Å². The molecule has 0 aromatic heterocycles. The molecule has 2 rings (SSSR count). The van der Waals surface area contributed by atoms with E-state index >= 15 is 0 Å². The smallest absolute Gasteiger partial charge is 0.166 e. The third kappa shape index (κ3) is 3.33. The highest BCUT2D eigenvalue weighted by Crippen LogP contribution is 2.26. The molecule has 0 N–H and O–H groups in total. The Balaban J connectivity index is 2.24. The lowest BCUT2D eigenvalue weighted by atomic mass is 10.2. The van der Waals surface area contributed by atoms with Crippen LogP contribution in [0.25, 0.3) is 0 Å². The Morgan fingerprint density at radius 3 is 2.65 bits per heavy atom. The average Bonchev–Trinajstić information content (AvgIpc) is 2.32. The molecule has 2 aromatic carbocycles. The fourth-order valence-electron chi connectivity index (χ4n) is 1.37. The van der Waals surface area contributed by atoms with Crippen LogP contribution in [0.1, 0.15) is 5.56 Å². The van der Waals surface area contributed by atoms with Crippen LogP contribution in [0, 0.1) is 9.39 Å². The zero-order valence-corrected chi connectivity index (χ0v) is 11.7. The topological polar surface area (TPSA) is 9.23 Å². The van der Waals surface area contributed by atoms with Crippen LogP contribution >= 0.6 is 34.2 Å². The Morgan fingerprint density at radius 1 is 1.18 bits per heavy atom. The zero-order valence-electron chi connectivity index (χ0n) is 8.79. The molecule has 0 fully saturated rings. The Labute approximate surface area is 118 Å². The van der Waals surface area contributed by atoms with E-state index in [-0.39, 0.29) is 5.75 Å². The molecule has 0 atom stereocenters. The minimum Gasteiger partial charge on any atom is -0.454 e. The van der Waals surface area contributed by atoms with E-state index in [9.17, 15) is 4.39 Å². The summed E-state index contributed by atoms with van der Waals surface area (Å²) in [5.74, 6) is 0.720. The van der Waals surface area contributed by atoms with E-state index < -0.39 is 5.82 Å². The summed E-state index contributed by atoms with van der Waals surface area (Å²) in [5.41, 5.74) is 0.735. The summed E-state index contributed by atoms with van der Waals surface area (Å²) in [6, 6.07) is 12.2. The maximum atomic E-state index is 13.6. The Morgan fingerprint density at radius 2 is 2.00 bits per heavy atom. The van der Waals surface area contributed by atoms with Gasteiger partial charge in [0.2, 0.25) is 0 Å². The van der Waals surface area contributed by atoms with Gasteiger partial charge in [0.05, 0.1) is 0 Å². The fourth-order valence-corrected chi connectivity index (χ4v) is 2.05. The SMILES string of the molecule is Fc1cc(CCl)ccc1Oc1cccc(I)c1. The molecular weight excluding hydrogens is 353 g/mol. The normalized spacial score (nSPS) is 10.3. The molecular formula is C13H9ClFIO. The lowest BCUT2D eigenvalue weighted by molar-refractivity contribution is 0.441. The van der Waals surface area contributed by atoms with Crippen LogP contribution in [0.3, 0.4) is 0 Å². The minimum atomic E-state index is -0.401. The van der Waals surface area contributed by atoms with Gasteiger partial charge in [0.1, 0.15) is 5.75 Å². The maximum absolute atomic E-state index is 13.6. The number of rotatable bonds is 3. The highest BCUT2D eigenvalue weighted by Gasteiger charge is 2.05. The van der Waals surface area contributed by atoms with E-state index in [2.05, 4.69) is 22.6 Å². The van der Waals surface area contributed by atoms with Crippen LogP contribution in [0.15, 0.2) is 42.5 Å². The third-order valence-corrected chi connectivity index (χ3v) is 3.15. The van der Waals surface area contributed by atoms with Crippen molar-refractivity contribution in [3.63, 3.8) is 0 Å². The molecule has 0 radical (unpaired) electrons. The first-order valence-corrected chi connectivity index (χ1v) is 6.58. The summed E-state index contributed by atoms with van der Waals surface area (Å²) >= 11 is 7.80. The summed E-state index contributed by atoms with van der Waals surface area (Å²) in [6.45, 7) is 0. The van der Waals surface area contributed by atoms with E-state index in [4.69, 9.17) is 16.3 Å². The van der Waals surface area contributed by atoms with Gasteiger partial charge < -0.3 is 4.74 Å². The second-order valence-electron chi connectivity index (χ2n) is 3.46. The van der Waals surface area contributed by atoms with Gasteiger partial charge in [-0.25, -0.2) is 4.39 Å². The van der Waals surface area contributed by atoms with Gasteiger partial charge in [-0.1, -0.05) is 12.1 Å². The van der Waals surface area contributed by atoms with Crippen LogP contribution < -0.4 is 4.74 Å². The molecule has 1 nitrogen and oxygen atoms in total. The van der Waals surface area contributed by atoms with E-state index in [0.717, 1.165) is 9.13 Å². The summed E-state index contributed by atoms with van der Waals surface area (Å²) in [5, 5.41) is 0. The molecule has 17 heavy (non-hydrogen) atoms. The molecule has 0 aliphatic heterocycles. The quantitative estimate of drug-likeness (QED) is 0.554. The molecule has 88 valence electrons. The van der Waals surface area contributed by atoms with Crippen molar-refractivity contribution in [2.24, 2.45) is 0 Å². The first-order chi connectivity index (χ1) is 8.19. The number of hydrogen-bond acceptors (Lipinski definition) is 1. The molecule has 0 aliphatic rings. The van der Waals surface area contributed by atoms with Crippen molar-refractivity contribution in [2.45, 2.75) is 5.88 Å². The summed E-state index contributed by atoms with van der Waals surface area (Å²) in [4.78, 5) is 0. The number of alkyl halides is 1. The van der Waals surface area contributed by atoms with E-state index in [1.807, 2.05) is 18.2 Å². The first kappa shape index (κ1) is 12.6. The number of ether oxygens (including phenoxy) is 1. The Bertz CT molecular complexity index is 531. The summed E-state index contributed by atoms with van der Waals surface area (Å²) < 4.78 is 20.1. The fraction of sp³-hybridized carbons (Fsp3) is 0.0769. The van der Waals surface area contributed by atoms with Crippen molar-refractivity contribution in [3.8, 4) is 11.5 Å². The van der Waals surface area contributed by atoms with Crippen molar-refractivity contribution in [2.75, 3.05) is 0 Å². The van der Waals surface area contributed by atoms with Crippen LogP contribution in [0.2, 0.25) is 0 Å². The molecule has 0 amide bonds. The van der Waals surface area contributed by atoms with Crippen molar-refractivity contribution < 1.29 is 9.13 Å². The standard InChI is InChI=1S/C13H9ClFIO/c14-8-9-4-5-13(12(15)6-9)17-11-3-1-2-10(16)7-11/h1-7H,8H2. The van der Waals surface area contributed by atoms with Gasteiger partial charge in [0.25, 0.3) is 0 Å². The van der Waals surface area contributed by atoms with Crippen LogP contribution in [0.4, 0.5) is 4.39 Å². The first-order valence-electron chi connectivity index (χ1n) is 4.97. The number of hydrogen-bond donors (Lipinski definition) is 0. The third-order valence-electron chi connectivity index (χ3n) is 2.17. The molecule has 0 spiro atoms. The lowest BCUT2D eigenvalue weighted by Crippen LogP contribution is -1.90. The molecule has 0 unspecified atom stereocenters. The van der Waals surface area contributed by atoms with E-state index in [1.165, 1.54) is 6.07 Å². The second-order valence-corrected chi connectivity index (χ2v) is 4.97. The van der Waals surface area contributed by atoms with Gasteiger partial charge in [0.15, 0.2) is 11.6 Å². The summed E-state index contributed by atoms with van der Waals surface area (Å²) in [7, 11) is 0. The van der Waals surface area contributed by atoms with Crippen molar-refractivity contribution in [3.05, 3.63) is 57.4 Å². The number of halogens is 3. The molecule has 4 heteroatoms. The van der Waals surface area contributed by atoms with Crippen LogP contribution in [0.5, 0.6) is 11.5 Å². The van der Waals surface area contributed by atoms with E-state index in [0.29, 0.717) is 11.6 Å². The molecule has 2 aromatic rings. The predicted molar refractivity (Wildman–Crippen MR) is 75.2 cm³/mol. The molecule has 0 saturated carbocycles. The van der Waals surface area contributed by atoms with Gasteiger partial charge >= 0.3 is 0 Å². The average molecular weight is 363 g/mol. The van der Waals surface area contributed by atoms with Gasteiger partial charge in [-0.3, -0.25) is 0 Å². The zero-order chi connectivity index (χ0) is 12.3. The predicted octanol–water partition coefficient (Wildman–Crippen LogP) is 4.96. The van der Waals surface area contributed by atoms with Gasteiger partial charge in [0, 0.05) is 9.45 Å². The van der Waals surface area contributed by atoms with E-state index in [1.54, 1.807) is 18.2 Å². The van der Waals surface area contributed by atoms with Crippen LogP contribution in [-0.2, 0) is 5.88 Å². The monoisotopic (exact) mass is 362 g/mol. The van der Waals surface area contributed by atoms with Crippen molar-refractivity contribution in [1.82, 2.24) is 0 Å². The maximum Gasteiger partial charge on any atom is 0.166 e. The Hall–Kier alpha value is -0.810. The Kier molecular flexibility index (Phi) is 4.23. The summed E-state index contributed by atoms with van der Waals surface area (Å²) in [6.07, 6.45) is 0. The molecule has 0 bridgehead atoms. The minimum absolute atomic E-state index is 0.209. The van der Waals surface area contributed by atoms with Crippen LogP contribution in [-0.4, -0.2) is 0 Å². The van der Waals surface area contributed by atoms with Gasteiger partial charge in [-0.05, 0) is 58.5 Å². The van der Waals surface area contributed by atoms with Crippen molar-refractivity contribution in [1.29, 1.82) is 0 Å². The highest BCUT2D eigenvalue weighted by molar-refractivity contribution is 14.1.